The van der Waals surface area contributed by atoms with E-state index in [9.17, 15) is 14.7 Å². The molecule has 0 saturated heterocycles. The van der Waals surface area contributed by atoms with E-state index in [0.29, 0.717) is 32.4 Å². The lowest BCUT2D eigenvalue weighted by Gasteiger charge is -2.24. The molecule has 0 aliphatic rings. The SMILES string of the molecule is CCC(C)(NC(=O)c1sc2nc(COC)nc(OC)c2c1C)C(=O)O. The fourth-order valence-corrected chi connectivity index (χ4v) is 3.39. The third-order valence-electron chi connectivity index (χ3n) is 4.04. The maximum atomic E-state index is 12.6. The average Bonchev–Trinajstić information content (AvgIpc) is 2.91. The second-order valence-electron chi connectivity index (χ2n) is 5.76. The van der Waals surface area contributed by atoms with Crippen molar-refractivity contribution >= 4 is 33.4 Å². The number of hydrogen-bond acceptors (Lipinski definition) is 7. The van der Waals surface area contributed by atoms with Crippen molar-refractivity contribution in [2.75, 3.05) is 14.2 Å². The monoisotopic (exact) mass is 367 g/mol. The number of aryl methyl sites for hydroxylation is 1. The molecule has 2 heterocycles. The molecule has 1 unspecified atom stereocenters. The van der Waals surface area contributed by atoms with Gasteiger partial charge in [-0.3, -0.25) is 4.79 Å². The van der Waals surface area contributed by atoms with Crippen LogP contribution in [-0.2, 0) is 16.1 Å². The first-order chi connectivity index (χ1) is 11.8. The first kappa shape index (κ1) is 19.1. The zero-order valence-corrected chi connectivity index (χ0v) is 15.6. The predicted molar refractivity (Wildman–Crippen MR) is 93.2 cm³/mol. The molecular weight excluding hydrogens is 346 g/mol. The summed E-state index contributed by atoms with van der Waals surface area (Å²) >= 11 is 1.17. The molecule has 0 radical (unpaired) electrons. The van der Waals surface area contributed by atoms with Crippen molar-refractivity contribution in [3.63, 3.8) is 0 Å². The molecule has 0 aliphatic carbocycles. The fourth-order valence-electron chi connectivity index (χ4n) is 2.30. The molecule has 0 fully saturated rings. The average molecular weight is 367 g/mol. The lowest BCUT2D eigenvalue weighted by molar-refractivity contribution is -0.143. The molecule has 2 aromatic heterocycles. The highest BCUT2D eigenvalue weighted by molar-refractivity contribution is 7.20. The number of methoxy groups -OCH3 is 2. The Labute approximate surface area is 149 Å². The standard InChI is InChI=1S/C16H21N3O5S/c1-6-16(3,15(21)22)19-12(20)11-8(2)10-13(24-5)17-9(7-23-4)18-14(10)25-11/h6-7H2,1-5H3,(H,19,20)(H,21,22). The molecule has 2 aromatic rings. The van der Waals surface area contributed by atoms with Crippen LogP contribution in [0.2, 0.25) is 0 Å². The molecule has 0 spiro atoms. The quantitative estimate of drug-likeness (QED) is 0.771. The molecule has 2 N–H and O–H groups in total. The van der Waals surface area contributed by atoms with Crippen LogP contribution in [0.3, 0.4) is 0 Å². The molecule has 0 aliphatic heterocycles. The molecule has 25 heavy (non-hydrogen) atoms. The van der Waals surface area contributed by atoms with Gasteiger partial charge in [0, 0.05) is 7.11 Å². The summed E-state index contributed by atoms with van der Waals surface area (Å²) < 4.78 is 10.4. The molecule has 0 saturated carbocycles. The minimum Gasteiger partial charge on any atom is -0.480 e. The van der Waals surface area contributed by atoms with E-state index < -0.39 is 17.4 Å². The number of fused-ring (bicyclic) bond motifs is 1. The van der Waals surface area contributed by atoms with Crippen LogP contribution in [0, 0.1) is 6.92 Å². The Bertz CT molecular complexity index is 820. The zero-order chi connectivity index (χ0) is 18.8. The number of nitrogens with zero attached hydrogens (tertiary/aromatic N) is 2. The summed E-state index contributed by atoms with van der Waals surface area (Å²) in [4.78, 5) is 33.7. The summed E-state index contributed by atoms with van der Waals surface area (Å²) in [5, 5.41) is 12.6. The van der Waals surface area contributed by atoms with Crippen LogP contribution in [0.5, 0.6) is 5.88 Å². The Morgan fingerprint density at radius 2 is 2.00 bits per heavy atom. The van der Waals surface area contributed by atoms with Crippen molar-refractivity contribution in [3.05, 3.63) is 16.3 Å². The first-order valence-corrected chi connectivity index (χ1v) is 8.47. The molecule has 0 aromatic carbocycles. The lowest BCUT2D eigenvalue weighted by atomic mass is 9.99. The summed E-state index contributed by atoms with van der Waals surface area (Å²) in [7, 11) is 3.03. The van der Waals surface area contributed by atoms with E-state index >= 15 is 0 Å². The van der Waals surface area contributed by atoms with E-state index in [1.807, 2.05) is 0 Å². The lowest BCUT2D eigenvalue weighted by Crippen LogP contribution is -2.51. The molecule has 1 amide bonds. The number of hydrogen-bond donors (Lipinski definition) is 2. The maximum Gasteiger partial charge on any atom is 0.329 e. The van der Waals surface area contributed by atoms with Gasteiger partial charge in [0.15, 0.2) is 5.82 Å². The van der Waals surface area contributed by atoms with E-state index in [0.717, 1.165) is 0 Å². The number of carbonyl (C=O) groups excluding carboxylic acids is 1. The number of carboxylic acid groups (broad SMARTS) is 1. The Balaban J connectivity index is 2.50. The van der Waals surface area contributed by atoms with Crippen molar-refractivity contribution in [3.8, 4) is 5.88 Å². The number of thiophene rings is 1. The molecule has 1 atom stereocenters. The van der Waals surface area contributed by atoms with Crippen LogP contribution >= 0.6 is 11.3 Å². The Hall–Kier alpha value is -2.26. The van der Waals surface area contributed by atoms with Crippen molar-refractivity contribution < 1.29 is 24.2 Å². The number of carbonyl (C=O) groups is 2. The minimum atomic E-state index is -1.34. The molecule has 8 nitrogen and oxygen atoms in total. The van der Waals surface area contributed by atoms with Gasteiger partial charge < -0.3 is 19.9 Å². The number of rotatable bonds is 7. The van der Waals surface area contributed by atoms with Gasteiger partial charge in [-0.2, -0.15) is 4.98 Å². The third-order valence-corrected chi connectivity index (χ3v) is 5.23. The number of aliphatic carboxylic acids is 1. The topological polar surface area (TPSA) is 111 Å². The first-order valence-electron chi connectivity index (χ1n) is 7.66. The Morgan fingerprint density at radius 1 is 1.32 bits per heavy atom. The van der Waals surface area contributed by atoms with Crippen molar-refractivity contribution in [1.29, 1.82) is 0 Å². The van der Waals surface area contributed by atoms with E-state index in [1.54, 1.807) is 13.8 Å². The normalized spacial score (nSPS) is 13.5. The van der Waals surface area contributed by atoms with Gasteiger partial charge in [-0.25, -0.2) is 9.78 Å². The van der Waals surface area contributed by atoms with Crippen molar-refractivity contribution in [2.24, 2.45) is 0 Å². The van der Waals surface area contributed by atoms with E-state index in [1.165, 1.54) is 32.5 Å². The second kappa shape index (κ2) is 7.32. The largest absolute Gasteiger partial charge is 0.480 e. The van der Waals surface area contributed by atoms with Crippen LogP contribution in [0.4, 0.5) is 0 Å². The summed E-state index contributed by atoms with van der Waals surface area (Å²) in [6.45, 7) is 5.17. The molecule has 2 rings (SSSR count). The second-order valence-corrected chi connectivity index (χ2v) is 6.76. The highest BCUT2D eigenvalue weighted by atomic mass is 32.1. The highest BCUT2D eigenvalue weighted by Gasteiger charge is 2.34. The van der Waals surface area contributed by atoms with E-state index in [4.69, 9.17) is 9.47 Å². The zero-order valence-electron chi connectivity index (χ0n) is 14.8. The molecular formula is C16H21N3O5S. The van der Waals surface area contributed by atoms with Gasteiger partial charge in [-0.1, -0.05) is 6.92 Å². The Morgan fingerprint density at radius 3 is 2.52 bits per heavy atom. The van der Waals surface area contributed by atoms with Gasteiger partial charge in [0.25, 0.3) is 5.91 Å². The van der Waals surface area contributed by atoms with Gasteiger partial charge in [0.05, 0.1) is 17.4 Å². The maximum absolute atomic E-state index is 12.6. The van der Waals surface area contributed by atoms with Crippen LogP contribution < -0.4 is 10.1 Å². The van der Waals surface area contributed by atoms with Gasteiger partial charge >= 0.3 is 5.97 Å². The molecule has 136 valence electrons. The summed E-state index contributed by atoms with van der Waals surface area (Å²) in [5.41, 5.74) is -0.682. The molecule has 9 heteroatoms. The van der Waals surface area contributed by atoms with Crippen LogP contribution in [0.15, 0.2) is 0 Å². The summed E-state index contributed by atoms with van der Waals surface area (Å²) in [5.74, 6) is -0.727. The number of aromatic nitrogens is 2. The van der Waals surface area contributed by atoms with Gasteiger partial charge in [0.1, 0.15) is 17.0 Å². The van der Waals surface area contributed by atoms with Crippen LogP contribution in [-0.4, -0.2) is 46.7 Å². The summed E-state index contributed by atoms with van der Waals surface area (Å²) in [6.07, 6.45) is 0.263. The third kappa shape index (κ3) is 3.57. The van der Waals surface area contributed by atoms with Crippen LogP contribution in [0.25, 0.3) is 10.2 Å². The number of nitrogens with one attached hydrogen (secondary N) is 1. The van der Waals surface area contributed by atoms with Gasteiger partial charge in [-0.05, 0) is 25.8 Å². The van der Waals surface area contributed by atoms with Crippen molar-refractivity contribution in [2.45, 2.75) is 39.3 Å². The minimum absolute atomic E-state index is 0.220. The Kier molecular flexibility index (Phi) is 5.58. The van der Waals surface area contributed by atoms with Gasteiger partial charge in [-0.15, -0.1) is 11.3 Å². The van der Waals surface area contributed by atoms with E-state index in [-0.39, 0.29) is 13.0 Å². The number of ether oxygens (including phenoxy) is 2. The summed E-state index contributed by atoms with van der Waals surface area (Å²) in [6, 6.07) is 0. The number of carboxylic acids is 1. The smallest absolute Gasteiger partial charge is 0.329 e. The highest BCUT2D eigenvalue weighted by Crippen LogP contribution is 2.35. The fraction of sp³-hybridized carbons (Fsp3) is 0.500. The molecule has 0 bridgehead atoms. The van der Waals surface area contributed by atoms with E-state index in [2.05, 4.69) is 15.3 Å². The van der Waals surface area contributed by atoms with Crippen molar-refractivity contribution in [1.82, 2.24) is 15.3 Å². The number of amides is 1. The van der Waals surface area contributed by atoms with Crippen LogP contribution in [0.1, 0.15) is 41.3 Å². The van der Waals surface area contributed by atoms with Gasteiger partial charge in [0.2, 0.25) is 5.88 Å². The predicted octanol–water partition coefficient (Wildman–Crippen LogP) is 2.14.